The van der Waals surface area contributed by atoms with E-state index in [1.165, 1.54) is 4.40 Å². The van der Waals surface area contributed by atoms with Gasteiger partial charge in [0.05, 0.1) is 5.69 Å². The Morgan fingerprint density at radius 2 is 2.11 bits per heavy atom. The Balaban J connectivity index is 1.86. The summed E-state index contributed by atoms with van der Waals surface area (Å²) in [4.78, 5) is 18.4. The molecular formula is C13H10ClN3O2. The molecule has 0 bridgehead atoms. The summed E-state index contributed by atoms with van der Waals surface area (Å²) in [6, 6.07) is 11.0. The van der Waals surface area contributed by atoms with Crippen molar-refractivity contribution >= 4 is 17.2 Å². The van der Waals surface area contributed by atoms with Crippen molar-refractivity contribution in [3.8, 4) is 5.75 Å². The van der Waals surface area contributed by atoms with E-state index in [4.69, 9.17) is 16.3 Å². The van der Waals surface area contributed by atoms with Crippen LogP contribution in [0.5, 0.6) is 5.75 Å². The summed E-state index contributed by atoms with van der Waals surface area (Å²) in [5.74, 6) is 0.756. The van der Waals surface area contributed by atoms with Gasteiger partial charge in [-0.15, -0.1) is 0 Å². The fourth-order valence-electron chi connectivity index (χ4n) is 1.76. The molecule has 1 N–H and O–H groups in total. The number of nitrogens with one attached hydrogen (secondary N) is 1. The van der Waals surface area contributed by atoms with Crippen molar-refractivity contribution in [2.45, 2.75) is 6.61 Å². The number of para-hydroxylation sites is 1. The Bertz CT molecular complexity index is 764. The maximum absolute atomic E-state index is 11.6. The molecule has 2 aromatic heterocycles. The van der Waals surface area contributed by atoms with Crippen molar-refractivity contribution in [2.24, 2.45) is 0 Å². The number of ether oxygens (including phenoxy) is 1. The Morgan fingerprint density at radius 3 is 2.89 bits per heavy atom. The molecule has 0 fully saturated rings. The maximum Gasteiger partial charge on any atom is 0.332 e. The number of hydrogen-bond acceptors (Lipinski definition) is 3. The van der Waals surface area contributed by atoms with Gasteiger partial charge in [0.25, 0.3) is 0 Å². The molecule has 0 aliphatic carbocycles. The average molecular weight is 276 g/mol. The van der Waals surface area contributed by atoms with Crippen LogP contribution in [0.25, 0.3) is 5.65 Å². The third kappa shape index (κ3) is 2.46. The molecule has 0 atom stereocenters. The minimum absolute atomic E-state index is 0.263. The number of aromatic nitrogens is 3. The highest BCUT2D eigenvalue weighted by atomic mass is 35.5. The quantitative estimate of drug-likeness (QED) is 0.746. The zero-order valence-electron chi connectivity index (χ0n) is 9.84. The smallest absolute Gasteiger partial charge is 0.332 e. The van der Waals surface area contributed by atoms with E-state index in [9.17, 15) is 4.79 Å². The number of nitrogens with zero attached hydrogens (tertiary/aromatic N) is 2. The number of halogens is 1. The molecule has 0 aliphatic rings. The van der Waals surface area contributed by atoms with Crippen molar-refractivity contribution in [2.75, 3.05) is 0 Å². The van der Waals surface area contributed by atoms with Gasteiger partial charge in [-0.3, -0.25) is 9.38 Å². The average Bonchev–Trinajstić information content (AvgIpc) is 2.81. The second-order valence-corrected chi connectivity index (χ2v) is 4.39. The first-order valence-electron chi connectivity index (χ1n) is 5.67. The molecule has 0 saturated heterocycles. The number of imidazole rings is 1. The van der Waals surface area contributed by atoms with E-state index in [1.54, 1.807) is 12.3 Å². The Hall–Kier alpha value is -2.27. The summed E-state index contributed by atoms with van der Waals surface area (Å²) in [7, 11) is 0. The van der Waals surface area contributed by atoms with Gasteiger partial charge in [-0.2, -0.15) is 0 Å². The number of aromatic amines is 1. The van der Waals surface area contributed by atoms with Gasteiger partial charge in [0, 0.05) is 12.3 Å². The predicted molar refractivity (Wildman–Crippen MR) is 71.6 cm³/mol. The third-order valence-electron chi connectivity index (χ3n) is 2.61. The Kier molecular flexibility index (Phi) is 2.97. The molecule has 0 radical (unpaired) electrons. The molecule has 1 aromatic carbocycles. The summed E-state index contributed by atoms with van der Waals surface area (Å²) in [5, 5.41) is 0.263. The largest absolute Gasteiger partial charge is 0.487 e. The summed E-state index contributed by atoms with van der Waals surface area (Å²) in [6.45, 7) is 0.294. The van der Waals surface area contributed by atoms with Crippen LogP contribution in [0.2, 0.25) is 5.15 Å². The normalized spacial score (nSPS) is 10.8. The van der Waals surface area contributed by atoms with Crippen molar-refractivity contribution in [3.05, 3.63) is 63.9 Å². The molecule has 0 saturated carbocycles. The van der Waals surface area contributed by atoms with Crippen LogP contribution in [0.1, 0.15) is 5.69 Å². The van der Waals surface area contributed by atoms with Crippen LogP contribution in [0.3, 0.4) is 0 Å². The standard InChI is InChI=1S/C13H10ClN3O2/c14-11-6-12-15-9(7-17(12)13(18)16-11)8-19-10-4-2-1-3-5-10/h1-7H,8H2,(H,16,18). The highest BCUT2D eigenvalue weighted by Crippen LogP contribution is 2.12. The molecular weight excluding hydrogens is 266 g/mol. The van der Waals surface area contributed by atoms with Gasteiger partial charge in [-0.1, -0.05) is 29.8 Å². The number of hydrogen-bond donors (Lipinski definition) is 1. The minimum Gasteiger partial charge on any atom is -0.487 e. The zero-order chi connectivity index (χ0) is 13.2. The Labute approximate surface area is 113 Å². The molecule has 5 nitrogen and oxygen atoms in total. The summed E-state index contributed by atoms with van der Waals surface area (Å²) in [6.07, 6.45) is 1.63. The van der Waals surface area contributed by atoms with Gasteiger partial charge in [-0.05, 0) is 12.1 Å². The first kappa shape index (κ1) is 11.8. The fraction of sp³-hybridized carbons (Fsp3) is 0.0769. The van der Waals surface area contributed by atoms with E-state index < -0.39 is 0 Å². The fourth-order valence-corrected chi connectivity index (χ4v) is 1.94. The van der Waals surface area contributed by atoms with Gasteiger partial charge >= 0.3 is 5.69 Å². The SMILES string of the molecule is O=c1[nH]c(Cl)cc2nc(COc3ccccc3)cn12. The number of H-pyrrole nitrogens is 1. The highest BCUT2D eigenvalue weighted by molar-refractivity contribution is 6.29. The van der Waals surface area contributed by atoms with E-state index in [0.29, 0.717) is 17.9 Å². The lowest BCUT2D eigenvalue weighted by Gasteiger charge is -2.02. The molecule has 0 aliphatic heterocycles. The topological polar surface area (TPSA) is 59.4 Å². The second kappa shape index (κ2) is 4.78. The molecule has 6 heteroatoms. The summed E-state index contributed by atoms with van der Waals surface area (Å²) in [5.41, 5.74) is 0.845. The number of fused-ring (bicyclic) bond motifs is 1. The van der Waals surface area contributed by atoms with Crippen LogP contribution in [0.4, 0.5) is 0 Å². The summed E-state index contributed by atoms with van der Waals surface area (Å²) >= 11 is 5.77. The Morgan fingerprint density at radius 1 is 1.32 bits per heavy atom. The lowest BCUT2D eigenvalue weighted by atomic mass is 10.3. The molecule has 2 heterocycles. The van der Waals surface area contributed by atoms with E-state index >= 15 is 0 Å². The maximum atomic E-state index is 11.6. The second-order valence-electron chi connectivity index (χ2n) is 3.98. The van der Waals surface area contributed by atoms with E-state index in [1.807, 2.05) is 30.3 Å². The van der Waals surface area contributed by atoms with Gasteiger partial charge in [-0.25, -0.2) is 9.78 Å². The number of benzene rings is 1. The molecule has 0 unspecified atom stereocenters. The van der Waals surface area contributed by atoms with Crippen molar-refractivity contribution in [1.82, 2.24) is 14.4 Å². The van der Waals surface area contributed by atoms with Gasteiger partial charge in [0.2, 0.25) is 0 Å². The highest BCUT2D eigenvalue weighted by Gasteiger charge is 2.06. The van der Waals surface area contributed by atoms with Gasteiger partial charge in [0.15, 0.2) is 0 Å². The lowest BCUT2D eigenvalue weighted by molar-refractivity contribution is 0.302. The monoisotopic (exact) mass is 275 g/mol. The van der Waals surface area contributed by atoms with Crippen molar-refractivity contribution < 1.29 is 4.74 Å². The van der Waals surface area contributed by atoms with E-state index in [0.717, 1.165) is 5.75 Å². The predicted octanol–water partition coefficient (Wildman–Crippen LogP) is 2.25. The first-order chi connectivity index (χ1) is 9.22. The van der Waals surface area contributed by atoms with Crippen LogP contribution in [-0.4, -0.2) is 14.4 Å². The minimum atomic E-state index is -0.319. The molecule has 19 heavy (non-hydrogen) atoms. The molecule has 0 spiro atoms. The van der Waals surface area contributed by atoms with Crippen molar-refractivity contribution in [1.29, 1.82) is 0 Å². The van der Waals surface area contributed by atoms with Crippen LogP contribution in [0, 0.1) is 0 Å². The molecule has 96 valence electrons. The molecule has 3 aromatic rings. The van der Waals surface area contributed by atoms with Crippen LogP contribution < -0.4 is 10.4 Å². The number of rotatable bonds is 3. The zero-order valence-corrected chi connectivity index (χ0v) is 10.6. The van der Waals surface area contributed by atoms with Crippen molar-refractivity contribution in [3.63, 3.8) is 0 Å². The van der Waals surface area contributed by atoms with E-state index in [2.05, 4.69) is 9.97 Å². The third-order valence-corrected chi connectivity index (χ3v) is 2.82. The molecule has 0 amide bonds. The van der Waals surface area contributed by atoms with Crippen LogP contribution in [-0.2, 0) is 6.61 Å². The van der Waals surface area contributed by atoms with Gasteiger partial charge < -0.3 is 4.74 Å². The van der Waals surface area contributed by atoms with E-state index in [-0.39, 0.29) is 10.8 Å². The first-order valence-corrected chi connectivity index (χ1v) is 6.05. The lowest BCUT2D eigenvalue weighted by Crippen LogP contribution is -2.14. The van der Waals surface area contributed by atoms with Crippen LogP contribution in [0.15, 0.2) is 47.4 Å². The molecule has 3 rings (SSSR count). The van der Waals surface area contributed by atoms with Crippen LogP contribution >= 0.6 is 11.6 Å². The summed E-state index contributed by atoms with van der Waals surface area (Å²) < 4.78 is 6.97. The van der Waals surface area contributed by atoms with Gasteiger partial charge in [0.1, 0.15) is 23.2 Å².